The molecule has 0 aromatic heterocycles. The van der Waals surface area contributed by atoms with Crippen LogP contribution in [0.1, 0.15) is 29.8 Å². The van der Waals surface area contributed by atoms with Crippen LogP contribution in [0.15, 0.2) is 48.5 Å². The number of carbonyl (C=O) groups is 1. The Balaban J connectivity index is 1.92. The molecule has 1 amide bonds. The van der Waals surface area contributed by atoms with Gasteiger partial charge in [0.25, 0.3) is 0 Å². The Bertz CT molecular complexity index is 787. The van der Waals surface area contributed by atoms with Crippen LogP contribution in [0.2, 0.25) is 0 Å². The molecule has 0 spiro atoms. The summed E-state index contributed by atoms with van der Waals surface area (Å²) in [5.74, 6) is 1.51. The average Bonchev–Trinajstić information content (AvgIpc) is 2.65. The Morgan fingerprint density at radius 2 is 1.85 bits per heavy atom. The molecule has 1 aliphatic heterocycles. The maximum absolute atomic E-state index is 12.7. The largest absolute Gasteiger partial charge is 0.493 e. The van der Waals surface area contributed by atoms with Crippen LogP contribution in [0.5, 0.6) is 11.5 Å². The van der Waals surface area contributed by atoms with Crippen LogP contribution >= 0.6 is 11.8 Å². The van der Waals surface area contributed by atoms with Gasteiger partial charge in [0, 0.05) is 23.3 Å². The van der Waals surface area contributed by atoms with E-state index in [1.165, 1.54) is 6.07 Å². The van der Waals surface area contributed by atoms with Crippen molar-refractivity contribution in [1.82, 2.24) is 4.90 Å². The molecule has 0 N–H and O–H groups in total. The Labute approximate surface area is 161 Å². The topological polar surface area (TPSA) is 38.8 Å². The zero-order valence-electron chi connectivity index (χ0n) is 14.9. The van der Waals surface area contributed by atoms with Crippen LogP contribution in [-0.2, 0) is 11.3 Å². The highest BCUT2D eigenvalue weighted by atomic mass is 32.2. The van der Waals surface area contributed by atoms with Gasteiger partial charge in [0.05, 0.1) is 13.2 Å². The fourth-order valence-corrected chi connectivity index (χ4v) is 4.31. The van der Waals surface area contributed by atoms with Gasteiger partial charge in [-0.25, -0.2) is 0 Å². The first-order valence-electron chi connectivity index (χ1n) is 8.75. The summed E-state index contributed by atoms with van der Waals surface area (Å²) < 4.78 is 35.8. The second-order valence-electron chi connectivity index (χ2n) is 5.95. The van der Waals surface area contributed by atoms with Crippen LogP contribution in [-0.4, -0.2) is 29.8 Å². The fraction of sp³-hybridized carbons (Fsp3) is 0.350. The molecule has 7 heteroatoms. The summed E-state index contributed by atoms with van der Waals surface area (Å²) in [7, 11) is 0. The third-order valence-electron chi connectivity index (χ3n) is 4.21. The van der Waals surface area contributed by atoms with Crippen LogP contribution in [0.4, 0.5) is 8.78 Å². The van der Waals surface area contributed by atoms with E-state index in [1.54, 1.807) is 34.9 Å². The molecule has 2 aromatic rings. The summed E-state index contributed by atoms with van der Waals surface area (Å²) in [6.07, 6.45) is 0.413. The summed E-state index contributed by atoms with van der Waals surface area (Å²) in [4.78, 5) is 14.4. The number of rotatable bonds is 7. The smallest absolute Gasteiger partial charge is 0.387 e. The van der Waals surface area contributed by atoms with E-state index >= 15 is 0 Å². The van der Waals surface area contributed by atoms with E-state index in [0.717, 1.165) is 11.3 Å². The van der Waals surface area contributed by atoms with Crippen molar-refractivity contribution in [3.05, 3.63) is 59.7 Å². The molecule has 1 aliphatic rings. The number of benzene rings is 2. The lowest BCUT2D eigenvalue weighted by Crippen LogP contribution is -2.37. The van der Waals surface area contributed by atoms with Crippen molar-refractivity contribution in [2.45, 2.75) is 31.9 Å². The Kier molecular flexibility index (Phi) is 6.55. The van der Waals surface area contributed by atoms with E-state index in [-0.39, 0.29) is 23.6 Å². The van der Waals surface area contributed by atoms with E-state index in [4.69, 9.17) is 4.74 Å². The number of thioether (sulfide) groups is 1. The Morgan fingerprint density at radius 3 is 2.59 bits per heavy atom. The standard InChI is InChI=1S/C20H21F2NO3S/c1-2-25-17-10-6-4-8-15(17)19-23(18(24)11-12-27-19)13-14-7-3-5-9-16(14)26-20(21)22/h3-10,19-20H,2,11-13H2,1H3. The minimum Gasteiger partial charge on any atom is -0.493 e. The first-order chi connectivity index (χ1) is 13.1. The fourth-order valence-electron chi connectivity index (χ4n) is 3.05. The highest BCUT2D eigenvalue weighted by molar-refractivity contribution is 7.99. The van der Waals surface area contributed by atoms with Gasteiger partial charge in [-0.15, -0.1) is 11.8 Å². The van der Waals surface area contributed by atoms with Crippen molar-refractivity contribution in [3.63, 3.8) is 0 Å². The van der Waals surface area contributed by atoms with Crippen LogP contribution in [0.3, 0.4) is 0 Å². The number of hydrogen-bond acceptors (Lipinski definition) is 4. The van der Waals surface area contributed by atoms with Crippen LogP contribution in [0, 0.1) is 0 Å². The van der Waals surface area contributed by atoms with Crippen molar-refractivity contribution in [2.24, 2.45) is 0 Å². The minimum absolute atomic E-state index is 0.0168. The number of halogens is 2. The second-order valence-corrected chi connectivity index (χ2v) is 7.14. The summed E-state index contributed by atoms with van der Waals surface area (Å²) in [6.45, 7) is -0.286. The Morgan fingerprint density at radius 1 is 1.15 bits per heavy atom. The quantitative estimate of drug-likeness (QED) is 0.674. The van der Waals surface area contributed by atoms with E-state index in [2.05, 4.69) is 4.74 Å². The van der Waals surface area contributed by atoms with Crippen molar-refractivity contribution < 1.29 is 23.0 Å². The first kappa shape index (κ1) is 19.5. The van der Waals surface area contributed by atoms with Gasteiger partial charge in [-0.3, -0.25) is 4.79 Å². The molecule has 0 radical (unpaired) electrons. The second kappa shape index (κ2) is 9.08. The predicted octanol–water partition coefficient (Wildman–Crippen LogP) is 4.85. The zero-order valence-corrected chi connectivity index (χ0v) is 15.8. The lowest BCUT2D eigenvalue weighted by atomic mass is 10.1. The predicted molar refractivity (Wildman–Crippen MR) is 101 cm³/mol. The molecular formula is C20H21F2NO3S. The molecule has 3 rings (SSSR count). The van der Waals surface area contributed by atoms with E-state index in [1.807, 2.05) is 31.2 Å². The molecule has 1 atom stereocenters. The SMILES string of the molecule is CCOc1ccccc1C1SCCC(=O)N1Cc1ccccc1OC(F)F. The maximum atomic E-state index is 12.7. The number of para-hydroxylation sites is 2. The lowest BCUT2D eigenvalue weighted by Gasteiger charge is -2.36. The molecule has 1 heterocycles. The molecule has 27 heavy (non-hydrogen) atoms. The summed E-state index contributed by atoms with van der Waals surface area (Å²) in [5, 5.41) is -0.242. The molecule has 144 valence electrons. The molecule has 2 aromatic carbocycles. The minimum atomic E-state index is -2.91. The lowest BCUT2D eigenvalue weighted by molar-refractivity contribution is -0.132. The summed E-state index contributed by atoms with van der Waals surface area (Å²) in [6, 6.07) is 14.2. The van der Waals surface area contributed by atoms with Crippen molar-refractivity contribution in [3.8, 4) is 11.5 Å². The molecule has 0 aliphatic carbocycles. The zero-order chi connectivity index (χ0) is 19.2. The normalized spacial score (nSPS) is 17.3. The van der Waals surface area contributed by atoms with Crippen LogP contribution in [0.25, 0.3) is 0 Å². The van der Waals surface area contributed by atoms with Gasteiger partial charge in [-0.05, 0) is 19.1 Å². The highest BCUT2D eigenvalue weighted by Crippen LogP contribution is 2.42. The average molecular weight is 393 g/mol. The number of alkyl halides is 2. The first-order valence-corrected chi connectivity index (χ1v) is 9.80. The molecule has 1 unspecified atom stereocenters. The molecule has 1 saturated heterocycles. The van der Waals surface area contributed by atoms with Crippen molar-refractivity contribution in [1.29, 1.82) is 0 Å². The number of ether oxygens (including phenoxy) is 2. The molecule has 4 nitrogen and oxygen atoms in total. The maximum Gasteiger partial charge on any atom is 0.387 e. The van der Waals surface area contributed by atoms with Gasteiger partial charge in [-0.1, -0.05) is 36.4 Å². The summed E-state index contributed by atoms with van der Waals surface area (Å²) >= 11 is 1.64. The van der Waals surface area contributed by atoms with E-state index in [9.17, 15) is 13.6 Å². The highest BCUT2D eigenvalue weighted by Gasteiger charge is 2.32. The monoisotopic (exact) mass is 393 g/mol. The number of nitrogens with zero attached hydrogens (tertiary/aromatic N) is 1. The van der Waals surface area contributed by atoms with Crippen LogP contribution < -0.4 is 9.47 Å². The van der Waals surface area contributed by atoms with Crippen molar-refractivity contribution in [2.75, 3.05) is 12.4 Å². The van der Waals surface area contributed by atoms with Crippen molar-refractivity contribution >= 4 is 17.7 Å². The van der Waals surface area contributed by atoms with E-state index < -0.39 is 6.61 Å². The number of hydrogen-bond donors (Lipinski definition) is 0. The Hall–Kier alpha value is -2.28. The van der Waals surface area contributed by atoms with Gasteiger partial charge in [-0.2, -0.15) is 8.78 Å². The van der Waals surface area contributed by atoms with Gasteiger partial charge >= 0.3 is 6.61 Å². The molecular weight excluding hydrogens is 372 g/mol. The van der Waals surface area contributed by atoms with E-state index in [0.29, 0.717) is 24.3 Å². The summed E-state index contributed by atoms with van der Waals surface area (Å²) in [5.41, 5.74) is 1.46. The third kappa shape index (κ3) is 4.71. The molecule has 0 bridgehead atoms. The van der Waals surface area contributed by atoms with Gasteiger partial charge in [0.15, 0.2) is 0 Å². The van der Waals surface area contributed by atoms with Gasteiger partial charge in [0.1, 0.15) is 16.9 Å². The van der Waals surface area contributed by atoms with Gasteiger partial charge < -0.3 is 14.4 Å². The number of carbonyl (C=O) groups excluding carboxylic acids is 1. The molecule has 1 fully saturated rings. The van der Waals surface area contributed by atoms with Gasteiger partial charge in [0.2, 0.25) is 5.91 Å². The third-order valence-corrected chi connectivity index (χ3v) is 5.47. The molecule has 0 saturated carbocycles. The number of amides is 1.